The Labute approximate surface area is 148 Å². The molecule has 3 N–H and O–H groups in total. The molecule has 0 saturated heterocycles. The molecule has 2 amide bonds. The van der Waals surface area contributed by atoms with Gasteiger partial charge >= 0.3 is 0 Å². The van der Waals surface area contributed by atoms with Crippen LogP contribution in [-0.4, -0.2) is 29.6 Å². The highest BCUT2D eigenvalue weighted by atomic mass is 16.3. The summed E-state index contributed by atoms with van der Waals surface area (Å²) < 4.78 is 0. The molecule has 0 aliphatic carbocycles. The zero-order valence-electron chi connectivity index (χ0n) is 14.3. The van der Waals surface area contributed by atoms with E-state index in [1.807, 2.05) is 31.2 Å². The van der Waals surface area contributed by atoms with Gasteiger partial charge < -0.3 is 15.7 Å². The number of hydrogen-bond acceptors (Lipinski definition) is 3. The smallest absolute Gasteiger partial charge is 0.252 e. The van der Waals surface area contributed by atoms with Crippen LogP contribution < -0.4 is 10.6 Å². The third-order valence-electron chi connectivity index (χ3n) is 3.84. The first-order valence-corrected chi connectivity index (χ1v) is 8.48. The average Bonchev–Trinajstić information content (AvgIpc) is 2.65. The predicted molar refractivity (Wildman–Crippen MR) is 97.0 cm³/mol. The van der Waals surface area contributed by atoms with Crippen molar-refractivity contribution in [2.45, 2.75) is 31.9 Å². The van der Waals surface area contributed by atoms with Gasteiger partial charge in [0.25, 0.3) is 5.91 Å². The van der Waals surface area contributed by atoms with Crippen molar-refractivity contribution in [3.63, 3.8) is 0 Å². The van der Waals surface area contributed by atoms with E-state index < -0.39 is 12.1 Å². The highest BCUT2D eigenvalue weighted by Crippen LogP contribution is 2.14. The first-order valence-electron chi connectivity index (χ1n) is 8.48. The van der Waals surface area contributed by atoms with E-state index in [1.165, 1.54) is 0 Å². The fraction of sp³-hybridized carbons (Fsp3) is 0.300. The molecule has 0 bridgehead atoms. The second-order valence-corrected chi connectivity index (χ2v) is 5.87. The van der Waals surface area contributed by atoms with Crippen LogP contribution in [-0.2, 0) is 4.79 Å². The van der Waals surface area contributed by atoms with Crippen molar-refractivity contribution < 1.29 is 14.7 Å². The molecule has 0 heterocycles. The lowest BCUT2D eigenvalue weighted by molar-refractivity contribution is -0.123. The molecule has 0 aliphatic heterocycles. The van der Waals surface area contributed by atoms with Gasteiger partial charge in [0.2, 0.25) is 5.91 Å². The van der Waals surface area contributed by atoms with Crippen molar-refractivity contribution in [3.05, 3.63) is 71.8 Å². The first kappa shape index (κ1) is 18.7. The SMILES string of the molecule is CCCC(O)CNC(=O)C(NC(=O)c1ccccc1)c1ccccc1. The summed E-state index contributed by atoms with van der Waals surface area (Å²) in [5, 5.41) is 15.3. The van der Waals surface area contributed by atoms with Gasteiger partial charge in [0.05, 0.1) is 6.10 Å². The van der Waals surface area contributed by atoms with Crippen molar-refractivity contribution in [2.24, 2.45) is 0 Å². The number of amides is 2. The molecule has 0 spiro atoms. The molecular weight excluding hydrogens is 316 g/mol. The summed E-state index contributed by atoms with van der Waals surface area (Å²) in [4.78, 5) is 25.0. The van der Waals surface area contributed by atoms with Crippen LogP contribution in [0.5, 0.6) is 0 Å². The zero-order chi connectivity index (χ0) is 18.1. The molecular formula is C20H24N2O3. The van der Waals surface area contributed by atoms with Gasteiger partial charge in [0, 0.05) is 12.1 Å². The summed E-state index contributed by atoms with van der Waals surface area (Å²) in [6.07, 6.45) is 0.867. The maximum atomic E-state index is 12.6. The van der Waals surface area contributed by atoms with E-state index in [-0.39, 0.29) is 18.4 Å². The van der Waals surface area contributed by atoms with E-state index in [9.17, 15) is 14.7 Å². The Bertz CT molecular complexity index is 674. The molecule has 0 saturated carbocycles. The van der Waals surface area contributed by atoms with Gasteiger partial charge in [0.1, 0.15) is 6.04 Å². The summed E-state index contributed by atoms with van der Waals surface area (Å²) in [6.45, 7) is 2.13. The van der Waals surface area contributed by atoms with E-state index >= 15 is 0 Å². The van der Waals surface area contributed by atoms with Crippen molar-refractivity contribution >= 4 is 11.8 Å². The number of carbonyl (C=O) groups excluding carboxylic acids is 2. The number of hydrogen-bond donors (Lipinski definition) is 3. The van der Waals surface area contributed by atoms with Crippen LogP contribution in [0.15, 0.2) is 60.7 Å². The molecule has 0 aliphatic rings. The molecule has 0 aromatic heterocycles. The van der Waals surface area contributed by atoms with Gasteiger partial charge in [0.15, 0.2) is 0 Å². The largest absolute Gasteiger partial charge is 0.391 e. The van der Waals surface area contributed by atoms with Gasteiger partial charge in [-0.1, -0.05) is 61.9 Å². The minimum Gasteiger partial charge on any atom is -0.391 e. The third kappa shape index (κ3) is 5.72. The molecule has 2 unspecified atom stereocenters. The Balaban J connectivity index is 2.11. The minimum absolute atomic E-state index is 0.164. The van der Waals surface area contributed by atoms with Gasteiger partial charge in [-0.15, -0.1) is 0 Å². The molecule has 0 radical (unpaired) electrons. The molecule has 2 rings (SSSR count). The minimum atomic E-state index is -0.817. The maximum Gasteiger partial charge on any atom is 0.252 e. The van der Waals surface area contributed by atoms with E-state index in [0.29, 0.717) is 17.5 Å². The van der Waals surface area contributed by atoms with Gasteiger partial charge in [-0.2, -0.15) is 0 Å². The Hall–Kier alpha value is -2.66. The van der Waals surface area contributed by atoms with Crippen LogP contribution in [0.2, 0.25) is 0 Å². The van der Waals surface area contributed by atoms with Crippen LogP contribution in [0.25, 0.3) is 0 Å². The first-order chi connectivity index (χ1) is 12.1. The number of nitrogens with one attached hydrogen (secondary N) is 2. The van der Waals surface area contributed by atoms with E-state index in [2.05, 4.69) is 10.6 Å². The maximum absolute atomic E-state index is 12.6. The van der Waals surface area contributed by atoms with E-state index in [0.717, 1.165) is 6.42 Å². The second-order valence-electron chi connectivity index (χ2n) is 5.87. The van der Waals surface area contributed by atoms with Crippen LogP contribution >= 0.6 is 0 Å². The van der Waals surface area contributed by atoms with Gasteiger partial charge in [-0.3, -0.25) is 9.59 Å². The standard InChI is InChI=1S/C20H24N2O3/c1-2-9-17(23)14-21-20(25)18(15-10-5-3-6-11-15)22-19(24)16-12-7-4-8-13-16/h3-8,10-13,17-18,23H,2,9,14H2,1H3,(H,21,25)(H,22,24). The topological polar surface area (TPSA) is 78.4 Å². The molecule has 132 valence electrons. The lowest BCUT2D eigenvalue weighted by atomic mass is 10.0. The summed E-state index contributed by atoms with van der Waals surface area (Å²) in [5.74, 6) is -0.663. The number of carbonyl (C=O) groups is 2. The molecule has 2 aromatic rings. The highest BCUT2D eigenvalue weighted by molar-refractivity contribution is 5.97. The van der Waals surface area contributed by atoms with Crippen molar-refractivity contribution in [1.29, 1.82) is 0 Å². The monoisotopic (exact) mass is 340 g/mol. The number of aliphatic hydroxyl groups is 1. The van der Waals surface area contributed by atoms with Crippen LogP contribution in [0, 0.1) is 0 Å². The average molecular weight is 340 g/mol. The van der Waals surface area contributed by atoms with Crippen LogP contribution in [0.3, 0.4) is 0 Å². The highest BCUT2D eigenvalue weighted by Gasteiger charge is 2.23. The molecule has 2 aromatic carbocycles. The Morgan fingerprint density at radius 2 is 1.60 bits per heavy atom. The summed E-state index contributed by atoms with van der Waals surface area (Å²) in [6, 6.07) is 17.0. The third-order valence-corrected chi connectivity index (χ3v) is 3.84. The van der Waals surface area contributed by atoms with Crippen LogP contribution in [0.4, 0.5) is 0 Å². The number of rotatable bonds is 8. The quantitative estimate of drug-likeness (QED) is 0.691. The van der Waals surface area contributed by atoms with Gasteiger partial charge in [-0.05, 0) is 24.1 Å². The fourth-order valence-electron chi connectivity index (χ4n) is 2.51. The van der Waals surface area contributed by atoms with Crippen molar-refractivity contribution in [2.75, 3.05) is 6.54 Å². The zero-order valence-corrected chi connectivity index (χ0v) is 14.3. The Morgan fingerprint density at radius 1 is 1.00 bits per heavy atom. The number of aliphatic hydroxyl groups excluding tert-OH is 1. The van der Waals surface area contributed by atoms with E-state index in [1.54, 1.807) is 36.4 Å². The van der Waals surface area contributed by atoms with Crippen LogP contribution in [0.1, 0.15) is 41.7 Å². The van der Waals surface area contributed by atoms with Crippen molar-refractivity contribution in [1.82, 2.24) is 10.6 Å². The fourth-order valence-corrected chi connectivity index (χ4v) is 2.51. The normalized spacial score (nSPS) is 12.9. The summed E-state index contributed by atoms with van der Waals surface area (Å²) in [7, 11) is 0. The molecule has 0 fully saturated rings. The lowest BCUT2D eigenvalue weighted by Crippen LogP contribution is -2.42. The second kappa shape index (κ2) is 9.59. The number of benzene rings is 2. The Kier molecular flexibility index (Phi) is 7.16. The predicted octanol–water partition coefficient (Wildman–Crippen LogP) is 2.43. The molecule has 5 nitrogen and oxygen atoms in total. The summed E-state index contributed by atoms with van der Waals surface area (Å²) in [5.41, 5.74) is 1.18. The van der Waals surface area contributed by atoms with E-state index in [4.69, 9.17) is 0 Å². The van der Waals surface area contributed by atoms with Gasteiger partial charge in [-0.25, -0.2) is 0 Å². The van der Waals surface area contributed by atoms with Crippen molar-refractivity contribution in [3.8, 4) is 0 Å². The Morgan fingerprint density at radius 3 is 2.20 bits per heavy atom. The molecule has 25 heavy (non-hydrogen) atoms. The lowest BCUT2D eigenvalue weighted by Gasteiger charge is -2.20. The summed E-state index contributed by atoms with van der Waals surface area (Å²) >= 11 is 0. The molecule has 5 heteroatoms. The molecule has 2 atom stereocenters.